The first kappa shape index (κ1) is 15.7. The zero-order valence-corrected chi connectivity index (χ0v) is 14.4. The molecule has 4 nitrogen and oxygen atoms in total. The Labute approximate surface area is 136 Å². The highest BCUT2D eigenvalue weighted by atomic mass is 32.1. The minimum Gasteiger partial charge on any atom is -0.305 e. The van der Waals surface area contributed by atoms with E-state index in [2.05, 4.69) is 35.0 Å². The van der Waals surface area contributed by atoms with E-state index in [0.717, 1.165) is 29.7 Å². The number of nitrogens with zero attached hydrogens (tertiary/aromatic N) is 3. The van der Waals surface area contributed by atoms with E-state index in [1.54, 1.807) is 4.57 Å². The summed E-state index contributed by atoms with van der Waals surface area (Å²) < 4.78 is 2.83. The lowest BCUT2D eigenvalue weighted by molar-refractivity contribution is 0.259. The number of likely N-dealkylation sites (tertiary alicyclic amines) is 1. The average Bonchev–Trinajstić information content (AvgIpc) is 3.12. The fourth-order valence-corrected chi connectivity index (χ4v) is 4.03. The van der Waals surface area contributed by atoms with Crippen LogP contribution in [0.1, 0.15) is 18.4 Å². The average molecular weight is 319 g/mol. The molecule has 0 aliphatic carbocycles. The first-order chi connectivity index (χ1) is 10.6. The van der Waals surface area contributed by atoms with Gasteiger partial charge in [0.15, 0.2) is 0 Å². The highest BCUT2D eigenvalue weighted by molar-refractivity contribution is 7.16. The van der Waals surface area contributed by atoms with Gasteiger partial charge in [-0.25, -0.2) is 0 Å². The highest BCUT2D eigenvalue weighted by Crippen LogP contribution is 2.18. The molecule has 1 aromatic heterocycles. The summed E-state index contributed by atoms with van der Waals surface area (Å²) in [4.78, 5) is 16.8. The molecule has 120 valence electrons. The summed E-state index contributed by atoms with van der Waals surface area (Å²) in [5, 5.41) is 0. The van der Waals surface area contributed by atoms with Gasteiger partial charge in [0.05, 0.1) is 10.2 Å². The number of likely N-dealkylation sites (N-methyl/N-ethyl adjacent to an activating group) is 1. The van der Waals surface area contributed by atoms with Gasteiger partial charge in [-0.15, -0.1) is 0 Å². The summed E-state index contributed by atoms with van der Waals surface area (Å²) in [6, 6.07) is 6.41. The van der Waals surface area contributed by atoms with E-state index in [1.165, 1.54) is 49.4 Å². The zero-order valence-electron chi connectivity index (χ0n) is 13.5. The van der Waals surface area contributed by atoms with Crippen molar-refractivity contribution in [1.82, 2.24) is 14.4 Å². The molecule has 0 atom stereocenters. The van der Waals surface area contributed by atoms with Crippen molar-refractivity contribution in [3.8, 4) is 0 Å². The predicted molar refractivity (Wildman–Crippen MR) is 93.9 cm³/mol. The Balaban J connectivity index is 1.53. The maximum absolute atomic E-state index is 11.7. The summed E-state index contributed by atoms with van der Waals surface area (Å²) in [6.07, 6.45) is 3.77. The van der Waals surface area contributed by atoms with Crippen LogP contribution in [0.5, 0.6) is 0 Å². The van der Waals surface area contributed by atoms with Crippen LogP contribution < -0.4 is 4.87 Å². The monoisotopic (exact) mass is 319 g/mol. The van der Waals surface area contributed by atoms with Crippen LogP contribution >= 0.6 is 11.3 Å². The van der Waals surface area contributed by atoms with Crippen molar-refractivity contribution in [1.29, 1.82) is 0 Å². The third kappa shape index (κ3) is 3.59. The molecular weight excluding hydrogens is 294 g/mol. The minimum absolute atomic E-state index is 0.120. The van der Waals surface area contributed by atoms with Crippen molar-refractivity contribution in [3.63, 3.8) is 0 Å². The summed E-state index contributed by atoms with van der Waals surface area (Å²) in [7, 11) is 4.04. The van der Waals surface area contributed by atoms with E-state index >= 15 is 0 Å². The molecule has 0 radical (unpaired) electrons. The molecule has 0 N–H and O–H groups in total. The van der Waals surface area contributed by atoms with Crippen LogP contribution in [0.3, 0.4) is 0 Å². The first-order valence-corrected chi connectivity index (χ1v) is 8.94. The maximum atomic E-state index is 11.7. The van der Waals surface area contributed by atoms with E-state index < -0.39 is 0 Å². The van der Waals surface area contributed by atoms with Gasteiger partial charge in [-0.3, -0.25) is 4.79 Å². The van der Waals surface area contributed by atoms with Crippen LogP contribution in [0.4, 0.5) is 0 Å². The quantitative estimate of drug-likeness (QED) is 0.817. The van der Waals surface area contributed by atoms with Crippen LogP contribution in [0.2, 0.25) is 0 Å². The molecule has 0 unspecified atom stereocenters. The van der Waals surface area contributed by atoms with Crippen molar-refractivity contribution in [3.05, 3.63) is 33.4 Å². The van der Waals surface area contributed by atoms with Crippen LogP contribution in [-0.2, 0) is 13.5 Å². The number of benzene rings is 1. The SMILES string of the molecule is CN(CCc1ccc2c(c1)sc(=O)n2C)CCN1CCCC1. The molecule has 0 saturated carbocycles. The summed E-state index contributed by atoms with van der Waals surface area (Å²) >= 11 is 1.34. The van der Waals surface area contributed by atoms with Crippen molar-refractivity contribution in [2.75, 3.05) is 39.8 Å². The standard InChI is InChI=1S/C17H25N3OS/c1-18(11-12-20-8-3-4-9-20)10-7-14-5-6-15-16(13-14)22-17(21)19(15)2/h5-6,13H,3-4,7-12H2,1-2H3. The molecule has 1 aliphatic heterocycles. The second-order valence-corrected chi connectivity index (χ2v) is 7.32. The Hall–Kier alpha value is -1.17. The van der Waals surface area contributed by atoms with Gasteiger partial charge in [-0.1, -0.05) is 17.4 Å². The molecule has 2 heterocycles. The lowest BCUT2D eigenvalue weighted by Gasteiger charge is -2.21. The van der Waals surface area contributed by atoms with Gasteiger partial charge in [-0.2, -0.15) is 0 Å². The van der Waals surface area contributed by atoms with Gasteiger partial charge >= 0.3 is 4.87 Å². The van der Waals surface area contributed by atoms with Gasteiger partial charge in [0.1, 0.15) is 0 Å². The highest BCUT2D eigenvalue weighted by Gasteiger charge is 2.11. The third-order valence-corrected chi connectivity index (χ3v) is 5.63. The molecule has 22 heavy (non-hydrogen) atoms. The van der Waals surface area contributed by atoms with Crippen molar-refractivity contribution in [2.45, 2.75) is 19.3 Å². The molecule has 0 amide bonds. The predicted octanol–water partition coefficient (Wildman–Crippen LogP) is 2.17. The Morgan fingerprint density at radius 1 is 1.23 bits per heavy atom. The number of aryl methyl sites for hydroxylation is 1. The fraction of sp³-hybridized carbons (Fsp3) is 0.588. The lowest BCUT2D eigenvalue weighted by atomic mass is 10.1. The summed E-state index contributed by atoms with van der Waals surface area (Å²) in [6.45, 7) is 5.95. The van der Waals surface area contributed by atoms with Crippen LogP contribution in [-0.4, -0.2) is 54.1 Å². The number of thiazole rings is 1. The number of rotatable bonds is 6. The zero-order chi connectivity index (χ0) is 15.5. The van der Waals surface area contributed by atoms with Gasteiger partial charge in [0, 0.05) is 26.7 Å². The lowest BCUT2D eigenvalue weighted by Crippen LogP contribution is -2.32. The smallest absolute Gasteiger partial charge is 0.305 e. The molecule has 0 spiro atoms. The van der Waals surface area contributed by atoms with Crippen molar-refractivity contribution < 1.29 is 0 Å². The van der Waals surface area contributed by atoms with E-state index in [0.29, 0.717) is 0 Å². The van der Waals surface area contributed by atoms with E-state index in [-0.39, 0.29) is 4.87 Å². The normalized spacial score (nSPS) is 16.1. The molecule has 3 rings (SSSR count). The Bertz CT molecular complexity index is 685. The topological polar surface area (TPSA) is 28.5 Å². The van der Waals surface area contributed by atoms with Crippen LogP contribution in [0.15, 0.2) is 23.0 Å². The molecule has 5 heteroatoms. The van der Waals surface area contributed by atoms with Crippen LogP contribution in [0.25, 0.3) is 10.2 Å². The summed E-state index contributed by atoms with van der Waals surface area (Å²) in [5.74, 6) is 0. The van der Waals surface area contributed by atoms with Gasteiger partial charge in [0.25, 0.3) is 0 Å². The Morgan fingerprint density at radius 3 is 2.77 bits per heavy atom. The number of fused-ring (bicyclic) bond motifs is 1. The maximum Gasteiger partial charge on any atom is 0.307 e. The molecule has 1 aromatic carbocycles. The largest absolute Gasteiger partial charge is 0.307 e. The summed E-state index contributed by atoms with van der Waals surface area (Å²) in [5.41, 5.74) is 2.36. The number of hydrogen-bond donors (Lipinski definition) is 0. The molecule has 1 aliphatic rings. The molecular formula is C17H25N3OS. The van der Waals surface area contributed by atoms with Crippen molar-refractivity contribution >= 4 is 21.6 Å². The van der Waals surface area contributed by atoms with Crippen molar-refractivity contribution in [2.24, 2.45) is 7.05 Å². The molecule has 1 fully saturated rings. The van der Waals surface area contributed by atoms with E-state index in [9.17, 15) is 4.79 Å². The Morgan fingerprint density at radius 2 is 2.00 bits per heavy atom. The number of aromatic nitrogens is 1. The third-order valence-electron chi connectivity index (χ3n) is 4.64. The molecule has 2 aromatic rings. The van der Waals surface area contributed by atoms with Gasteiger partial charge in [-0.05, 0) is 57.1 Å². The second kappa shape index (κ2) is 6.94. The molecule has 1 saturated heterocycles. The fourth-order valence-electron chi connectivity index (χ4n) is 3.08. The number of hydrogen-bond acceptors (Lipinski definition) is 4. The molecule has 0 bridgehead atoms. The first-order valence-electron chi connectivity index (χ1n) is 8.13. The minimum atomic E-state index is 0.120. The second-order valence-electron chi connectivity index (χ2n) is 6.33. The van der Waals surface area contributed by atoms with Crippen LogP contribution in [0, 0.1) is 0 Å². The Kier molecular flexibility index (Phi) is 4.96. The van der Waals surface area contributed by atoms with E-state index in [4.69, 9.17) is 0 Å². The van der Waals surface area contributed by atoms with Gasteiger partial charge in [0.2, 0.25) is 0 Å². The van der Waals surface area contributed by atoms with Gasteiger partial charge < -0.3 is 14.4 Å². The van der Waals surface area contributed by atoms with E-state index in [1.807, 2.05) is 7.05 Å².